The lowest BCUT2D eigenvalue weighted by atomic mass is 10.2. The van der Waals surface area contributed by atoms with Crippen molar-refractivity contribution in [1.82, 2.24) is 4.98 Å². The number of rotatable bonds is 0. The van der Waals surface area contributed by atoms with Gasteiger partial charge in [0.2, 0.25) is 0 Å². The molecule has 3 heteroatoms. The van der Waals surface area contributed by atoms with Crippen LogP contribution in [0.15, 0.2) is 18.3 Å². The highest BCUT2D eigenvalue weighted by molar-refractivity contribution is 5.66. The molecule has 0 radical (unpaired) electrons. The fourth-order valence-electron chi connectivity index (χ4n) is 1.23. The smallest absolute Gasteiger partial charge is 0.149 e. The van der Waals surface area contributed by atoms with Gasteiger partial charge >= 0.3 is 0 Å². The average Bonchev–Trinajstić information content (AvgIpc) is 2.04. The quantitative estimate of drug-likeness (QED) is 0.584. The van der Waals surface area contributed by atoms with Gasteiger partial charge in [-0.1, -0.05) is 0 Å². The van der Waals surface area contributed by atoms with Crippen LogP contribution in [0.3, 0.4) is 0 Å². The van der Waals surface area contributed by atoms with Crippen LogP contribution in [0, 0.1) is 0 Å². The average molecular weight is 149 g/mol. The third kappa shape index (κ3) is 1.13. The molecule has 0 unspecified atom stereocenters. The van der Waals surface area contributed by atoms with Crippen LogP contribution >= 0.6 is 0 Å². The van der Waals surface area contributed by atoms with E-state index in [0.717, 1.165) is 18.1 Å². The second kappa shape index (κ2) is 2.42. The van der Waals surface area contributed by atoms with Gasteiger partial charge in [-0.05, 0) is 19.1 Å². The topological polar surface area (TPSA) is 37.0 Å². The Balaban J connectivity index is 2.34. The molecule has 0 aromatic carbocycles. The van der Waals surface area contributed by atoms with E-state index in [1.807, 2.05) is 12.1 Å². The van der Waals surface area contributed by atoms with Crippen LogP contribution < -0.4 is 10.6 Å². The van der Waals surface area contributed by atoms with E-state index >= 15 is 0 Å². The maximum atomic E-state index is 4.18. The van der Waals surface area contributed by atoms with Gasteiger partial charge in [-0.25, -0.2) is 4.98 Å². The third-order valence-corrected chi connectivity index (χ3v) is 1.79. The number of hydrogen-bond donors (Lipinski definition) is 2. The minimum absolute atomic E-state index is 0.492. The maximum absolute atomic E-state index is 4.18. The van der Waals surface area contributed by atoms with Gasteiger partial charge in [0.05, 0.1) is 5.69 Å². The standard InChI is InChI=1S/C8H11N3/c1-6-5-10-8-7(11-6)3-2-4-9-8/h2-4,6,11H,5H2,1H3,(H,9,10)/t6-/m1/s1. The highest BCUT2D eigenvalue weighted by Gasteiger charge is 2.12. The lowest BCUT2D eigenvalue weighted by Gasteiger charge is -2.24. The summed E-state index contributed by atoms with van der Waals surface area (Å²) in [4.78, 5) is 4.18. The van der Waals surface area contributed by atoms with Crippen LogP contribution in [0.2, 0.25) is 0 Å². The van der Waals surface area contributed by atoms with Gasteiger partial charge in [-0.15, -0.1) is 0 Å². The fourth-order valence-corrected chi connectivity index (χ4v) is 1.23. The van der Waals surface area contributed by atoms with E-state index in [1.165, 1.54) is 0 Å². The fraction of sp³-hybridized carbons (Fsp3) is 0.375. The molecule has 1 atom stereocenters. The molecule has 0 saturated carbocycles. The molecule has 2 heterocycles. The van der Waals surface area contributed by atoms with Crippen molar-refractivity contribution in [3.05, 3.63) is 18.3 Å². The van der Waals surface area contributed by atoms with Crippen LogP contribution in [0.25, 0.3) is 0 Å². The largest absolute Gasteiger partial charge is 0.378 e. The van der Waals surface area contributed by atoms with Crippen molar-refractivity contribution < 1.29 is 0 Å². The van der Waals surface area contributed by atoms with Crippen LogP contribution in [-0.2, 0) is 0 Å². The molecule has 0 fully saturated rings. The van der Waals surface area contributed by atoms with Crippen molar-refractivity contribution >= 4 is 11.5 Å². The number of pyridine rings is 1. The van der Waals surface area contributed by atoms with Crippen molar-refractivity contribution in [1.29, 1.82) is 0 Å². The van der Waals surface area contributed by atoms with Crippen molar-refractivity contribution in [2.24, 2.45) is 0 Å². The van der Waals surface area contributed by atoms with Crippen LogP contribution in [0.1, 0.15) is 6.92 Å². The molecule has 2 rings (SSSR count). The van der Waals surface area contributed by atoms with Crippen LogP contribution in [0.5, 0.6) is 0 Å². The Hall–Kier alpha value is -1.25. The number of fused-ring (bicyclic) bond motifs is 1. The summed E-state index contributed by atoms with van der Waals surface area (Å²) in [7, 11) is 0. The lowest BCUT2D eigenvalue weighted by molar-refractivity contribution is 0.810. The van der Waals surface area contributed by atoms with Crippen molar-refractivity contribution in [3.8, 4) is 0 Å². The Morgan fingerprint density at radius 1 is 1.64 bits per heavy atom. The molecule has 3 nitrogen and oxygen atoms in total. The van der Waals surface area contributed by atoms with Crippen molar-refractivity contribution in [2.75, 3.05) is 17.2 Å². The highest BCUT2D eigenvalue weighted by atomic mass is 15.1. The number of nitrogens with zero attached hydrogens (tertiary/aromatic N) is 1. The summed E-state index contributed by atoms with van der Waals surface area (Å²) < 4.78 is 0. The molecule has 1 aliphatic rings. The Morgan fingerprint density at radius 2 is 2.55 bits per heavy atom. The Morgan fingerprint density at radius 3 is 3.45 bits per heavy atom. The predicted molar refractivity (Wildman–Crippen MR) is 45.8 cm³/mol. The highest BCUT2D eigenvalue weighted by Crippen LogP contribution is 2.21. The van der Waals surface area contributed by atoms with Crippen molar-refractivity contribution in [3.63, 3.8) is 0 Å². The van der Waals surface area contributed by atoms with E-state index in [2.05, 4.69) is 22.5 Å². The first-order chi connectivity index (χ1) is 5.36. The van der Waals surface area contributed by atoms with E-state index in [-0.39, 0.29) is 0 Å². The molecule has 11 heavy (non-hydrogen) atoms. The molecule has 0 spiro atoms. The van der Waals surface area contributed by atoms with Gasteiger partial charge in [-0.2, -0.15) is 0 Å². The molecule has 2 N–H and O–H groups in total. The second-order valence-corrected chi connectivity index (χ2v) is 2.83. The van der Waals surface area contributed by atoms with Crippen molar-refractivity contribution in [2.45, 2.75) is 13.0 Å². The van der Waals surface area contributed by atoms with Crippen LogP contribution in [-0.4, -0.2) is 17.6 Å². The molecular weight excluding hydrogens is 138 g/mol. The number of nitrogens with one attached hydrogen (secondary N) is 2. The third-order valence-electron chi connectivity index (χ3n) is 1.79. The zero-order valence-corrected chi connectivity index (χ0v) is 6.46. The summed E-state index contributed by atoms with van der Waals surface area (Å²) in [6, 6.07) is 4.46. The molecule has 0 aliphatic carbocycles. The van der Waals surface area contributed by atoms with E-state index in [1.54, 1.807) is 6.20 Å². The molecular formula is C8H11N3. The lowest BCUT2D eigenvalue weighted by Crippen LogP contribution is -2.30. The summed E-state index contributed by atoms with van der Waals surface area (Å²) in [6.45, 7) is 3.09. The first-order valence-electron chi connectivity index (χ1n) is 3.81. The Bertz CT molecular complexity index is 259. The van der Waals surface area contributed by atoms with Gasteiger partial charge in [-0.3, -0.25) is 0 Å². The number of aromatic nitrogens is 1. The first-order valence-corrected chi connectivity index (χ1v) is 3.81. The molecule has 1 aliphatic heterocycles. The molecule has 0 amide bonds. The molecule has 0 bridgehead atoms. The molecule has 58 valence electrons. The predicted octanol–water partition coefficient (Wildman–Crippen LogP) is 1.31. The van der Waals surface area contributed by atoms with Crippen LogP contribution in [0.4, 0.5) is 11.5 Å². The zero-order valence-electron chi connectivity index (χ0n) is 6.46. The Kier molecular flexibility index (Phi) is 1.42. The zero-order chi connectivity index (χ0) is 7.68. The maximum Gasteiger partial charge on any atom is 0.149 e. The second-order valence-electron chi connectivity index (χ2n) is 2.83. The van der Waals surface area contributed by atoms with Gasteiger partial charge in [0.15, 0.2) is 0 Å². The summed E-state index contributed by atoms with van der Waals surface area (Å²) >= 11 is 0. The summed E-state index contributed by atoms with van der Waals surface area (Å²) in [5.74, 6) is 0.964. The summed E-state index contributed by atoms with van der Waals surface area (Å²) in [5, 5.41) is 6.57. The SMILES string of the molecule is C[C@@H]1CNc2ncccc2N1. The Labute approximate surface area is 65.8 Å². The van der Waals surface area contributed by atoms with E-state index < -0.39 is 0 Å². The number of anilines is 2. The van der Waals surface area contributed by atoms with Gasteiger partial charge in [0, 0.05) is 18.8 Å². The summed E-state index contributed by atoms with van der Waals surface area (Å²) in [5.41, 5.74) is 1.10. The van der Waals surface area contributed by atoms with E-state index in [9.17, 15) is 0 Å². The van der Waals surface area contributed by atoms with Gasteiger partial charge in [0.1, 0.15) is 5.82 Å². The van der Waals surface area contributed by atoms with E-state index in [0.29, 0.717) is 6.04 Å². The molecule has 1 aromatic rings. The minimum atomic E-state index is 0.492. The van der Waals surface area contributed by atoms with E-state index in [4.69, 9.17) is 0 Å². The normalized spacial score (nSPS) is 21.4. The minimum Gasteiger partial charge on any atom is -0.378 e. The number of hydrogen-bond acceptors (Lipinski definition) is 3. The van der Waals surface area contributed by atoms with Gasteiger partial charge < -0.3 is 10.6 Å². The van der Waals surface area contributed by atoms with Gasteiger partial charge in [0.25, 0.3) is 0 Å². The monoisotopic (exact) mass is 149 g/mol. The molecule has 0 saturated heterocycles. The molecule has 1 aromatic heterocycles. The first kappa shape index (κ1) is 6.46. The summed E-state index contributed by atoms with van der Waals surface area (Å²) in [6.07, 6.45) is 1.80.